The van der Waals surface area contributed by atoms with Crippen LogP contribution in [0.5, 0.6) is 11.6 Å². The number of aromatic nitrogens is 4. The second kappa shape index (κ2) is 9.90. The number of ether oxygens (including phenoxy) is 2. The highest BCUT2D eigenvalue weighted by Crippen LogP contribution is 2.31. The minimum Gasteiger partial charge on any atom is -0.489 e. The van der Waals surface area contributed by atoms with Gasteiger partial charge in [-0.1, -0.05) is 11.6 Å². The number of rotatable bonds is 7. The molecule has 2 aromatic carbocycles. The molecule has 0 aliphatic rings. The SMILES string of the molecule is COc1ccc(COc2ccc3nc(-c4cccnc4)nc(Nc4ccc(F)c(Cl)c4)c3c2)cn1. The molecule has 0 saturated heterocycles. The Labute approximate surface area is 205 Å². The summed E-state index contributed by atoms with van der Waals surface area (Å²) in [6.45, 7) is 0.327. The fourth-order valence-corrected chi connectivity index (χ4v) is 3.59. The lowest BCUT2D eigenvalue weighted by atomic mass is 10.2. The fourth-order valence-electron chi connectivity index (χ4n) is 3.41. The zero-order valence-electron chi connectivity index (χ0n) is 18.6. The highest BCUT2D eigenvalue weighted by molar-refractivity contribution is 6.31. The van der Waals surface area contributed by atoms with E-state index >= 15 is 0 Å². The fraction of sp³-hybridized carbons (Fsp3) is 0.0769. The van der Waals surface area contributed by atoms with Gasteiger partial charge in [0.05, 0.1) is 17.6 Å². The lowest BCUT2D eigenvalue weighted by molar-refractivity contribution is 0.305. The van der Waals surface area contributed by atoms with Crippen molar-refractivity contribution in [1.29, 1.82) is 0 Å². The predicted octanol–water partition coefficient (Wildman–Crippen LogP) is 6.21. The van der Waals surface area contributed by atoms with Gasteiger partial charge in [0, 0.05) is 46.9 Å². The van der Waals surface area contributed by atoms with Crippen LogP contribution in [0.3, 0.4) is 0 Å². The van der Waals surface area contributed by atoms with Gasteiger partial charge in [0.15, 0.2) is 5.82 Å². The second-order valence-electron chi connectivity index (χ2n) is 7.57. The molecule has 0 atom stereocenters. The Balaban J connectivity index is 1.51. The van der Waals surface area contributed by atoms with Gasteiger partial charge in [0.2, 0.25) is 5.88 Å². The van der Waals surface area contributed by atoms with Gasteiger partial charge in [0.25, 0.3) is 0 Å². The molecule has 35 heavy (non-hydrogen) atoms. The molecule has 0 bridgehead atoms. The molecule has 0 fully saturated rings. The van der Waals surface area contributed by atoms with Gasteiger partial charge in [-0.05, 0) is 54.6 Å². The Kier molecular flexibility index (Phi) is 6.36. The van der Waals surface area contributed by atoms with E-state index in [1.54, 1.807) is 37.8 Å². The standard InChI is InChI=1S/C26H19ClFN5O2/c1-34-24-9-4-16(13-30-24)15-35-19-6-8-23-20(12-19)26(31-18-5-7-22(28)21(27)11-18)33-25(32-23)17-3-2-10-29-14-17/h2-14H,15H2,1H3,(H,31,32,33). The number of fused-ring (bicyclic) bond motifs is 1. The van der Waals surface area contributed by atoms with E-state index < -0.39 is 5.82 Å². The topological polar surface area (TPSA) is 82.0 Å². The lowest BCUT2D eigenvalue weighted by Gasteiger charge is -2.13. The summed E-state index contributed by atoms with van der Waals surface area (Å²) in [7, 11) is 1.57. The van der Waals surface area contributed by atoms with E-state index in [0.717, 1.165) is 16.5 Å². The summed E-state index contributed by atoms with van der Waals surface area (Å²) < 4.78 is 24.8. The summed E-state index contributed by atoms with van der Waals surface area (Å²) in [5.41, 5.74) is 2.95. The molecule has 174 valence electrons. The van der Waals surface area contributed by atoms with E-state index in [-0.39, 0.29) is 5.02 Å². The van der Waals surface area contributed by atoms with E-state index in [4.69, 9.17) is 31.0 Å². The van der Waals surface area contributed by atoms with Crippen molar-refractivity contribution in [2.75, 3.05) is 12.4 Å². The Hall–Kier alpha value is -4.30. The minimum atomic E-state index is -0.496. The zero-order chi connectivity index (χ0) is 24.2. The van der Waals surface area contributed by atoms with Crippen LogP contribution in [0, 0.1) is 5.82 Å². The van der Waals surface area contributed by atoms with Crippen LogP contribution in [0.1, 0.15) is 5.56 Å². The molecule has 7 nitrogen and oxygen atoms in total. The van der Waals surface area contributed by atoms with Gasteiger partial charge < -0.3 is 14.8 Å². The third-order valence-electron chi connectivity index (χ3n) is 5.18. The number of pyridine rings is 2. The number of methoxy groups -OCH3 is 1. The van der Waals surface area contributed by atoms with E-state index in [1.165, 1.54) is 12.1 Å². The maximum Gasteiger partial charge on any atom is 0.212 e. The number of halogens is 2. The quantitative estimate of drug-likeness (QED) is 0.292. The van der Waals surface area contributed by atoms with Crippen molar-refractivity contribution in [1.82, 2.24) is 19.9 Å². The molecule has 0 aliphatic carbocycles. The first-order chi connectivity index (χ1) is 17.1. The number of benzene rings is 2. The molecule has 0 spiro atoms. The molecule has 0 unspecified atom stereocenters. The summed E-state index contributed by atoms with van der Waals surface area (Å²) in [6.07, 6.45) is 5.08. The molecule has 0 aliphatic heterocycles. The van der Waals surface area contributed by atoms with Gasteiger partial charge in [-0.3, -0.25) is 4.98 Å². The Morgan fingerprint density at radius 2 is 1.91 bits per heavy atom. The first-order valence-electron chi connectivity index (χ1n) is 10.6. The first-order valence-corrected chi connectivity index (χ1v) is 11.0. The van der Waals surface area contributed by atoms with Crippen LogP contribution in [0.15, 0.2) is 79.3 Å². The maximum atomic E-state index is 13.7. The van der Waals surface area contributed by atoms with Gasteiger partial charge in [-0.15, -0.1) is 0 Å². The molecule has 3 heterocycles. The Bertz CT molecular complexity index is 1480. The van der Waals surface area contributed by atoms with Crippen molar-refractivity contribution in [3.63, 3.8) is 0 Å². The second-order valence-corrected chi connectivity index (χ2v) is 7.98. The molecule has 5 aromatic rings. The van der Waals surface area contributed by atoms with Crippen molar-refractivity contribution in [2.45, 2.75) is 6.61 Å². The van der Waals surface area contributed by atoms with E-state index in [0.29, 0.717) is 41.1 Å². The molecular formula is C26H19ClFN5O2. The number of anilines is 2. The van der Waals surface area contributed by atoms with Crippen molar-refractivity contribution < 1.29 is 13.9 Å². The molecular weight excluding hydrogens is 469 g/mol. The number of hydrogen-bond donors (Lipinski definition) is 1. The van der Waals surface area contributed by atoms with Crippen LogP contribution in [0.25, 0.3) is 22.3 Å². The number of nitrogens with one attached hydrogen (secondary N) is 1. The average Bonchev–Trinajstić information content (AvgIpc) is 2.90. The number of hydrogen-bond acceptors (Lipinski definition) is 7. The van der Waals surface area contributed by atoms with Crippen LogP contribution < -0.4 is 14.8 Å². The normalized spacial score (nSPS) is 10.8. The third-order valence-corrected chi connectivity index (χ3v) is 5.47. The molecule has 5 rings (SSSR count). The van der Waals surface area contributed by atoms with E-state index in [1.807, 2.05) is 36.4 Å². The van der Waals surface area contributed by atoms with Crippen LogP contribution >= 0.6 is 11.6 Å². The Morgan fingerprint density at radius 3 is 2.66 bits per heavy atom. The maximum absolute atomic E-state index is 13.7. The average molecular weight is 488 g/mol. The third kappa shape index (κ3) is 5.12. The summed E-state index contributed by atoms with van der Waals surface area (Å²) in [5, 5.41) is 3.97. The molecule has 9 heteroatoms. The summed E-state index contributed by atoms with van der Waals surface area (Å²) in [6, 6.07) is 17.3. The van der Waals surface area contributed by atoms with Gasteiger partial charge in [-0.25, -0.2) is 19.3 Å². The van der Waals surface area contributed by atoms with Crippen LogP contribution in [0.4, 0.5) is 15.9 Å². The largest absolute Gasteiger partial charge is 0.489 e. The minimum absolute atomic E-state index is 0.0120. The van der Waals surface area contributed by atoms with Crippen molar-refractivity contribution in [2.24, 2.45) is 0 Å². The monoisotopic (exact) mass is 487 g/mol. The number of nitrogens with zero attached hydrogens (tertiary/aromatic N) is 4. The van der Waals surface area contributed by atoms with Gasteiger partial charge >= 0.3 is 0 Å². The summed E-state index contributed by atoms with van der Waals surface area (Å²) in [5.74, 6) is 1.70. The van der Waals surface area contributed by atoms with Crippen molar-refractivity contribution >= 4 is 34.0 Å². The van der Waals surface area contributed by atoms with Crippen LogP contribution in [0.2, 0.25) is 5.02 Å². The van der Waals surface area contributed by atoms with E-state index in [2.05, 4.69) is 15.3 Å². The molecule has 0 radical (unpaired) electrons. The van der Waals surface area contributed by atoms with Crippen LogP contribution in [-0.4, -0.2) is 27.0 Å². The Morgan fingerprint density at radius 1 is 1.00 bits per heavy atom. The summed E-state index contributed by atoms with van der Waals surface area (Å²) >= 11 is 5.98. The summed E-state index contributed by atoms with van der Waals surface area (Å²) in [4.78, 5) is 17.8. The van der Waals surface area contributed by atoms with Gasteiger partial charge in [0.1, 0.15) is 24.0 Å². The van der Waals surface area contributed by atoms with E-state index in [9.17, 15) is 4.39 Å². The molecule has 0 amide bonds. The first kappa shape index (κ1) is 22.5. The van der Waals surface area contributed by atoms with Crippen molar-refractivity contribution in [3.8, 4) is 23.0 Å². The highest BCUT2D eigenvalue weighted by atomic mass is 35.5. The smallest absolute Gasteiger partial charge is 0.212 e. The molecule has 3 aromatic heterocycles. The highest BCUT2D eigenvalue weighted by Gasteiger charge is 2.12. The van der Waals surface area contributed by atoms with Crippen molar-refractivity contribution in [3.05, 3.63) is 95.7 Å². The van der Waals surface area contributed by atoms with Crippen LogP contribution in [-0.2, 0) is 6.61 Å². The predicted molar refractivity (Wildman–Crippen MR) is 133 cm³/mol. The van der Waals surface area contributed by atoms with Gasteiger partial charge in [-0.2, -0.15) is 0 Å². The zero-order valence-corrected chi connectivity index (χ0v) is 19.3. The molecule has 0 saturated carbocycles. The molecule has 1 N–H and O–H groups in total. The lowest BCUT2D eigenvalue weighted by Crippen LogP contribution is -2.01.